The highest BCUT2D eigenvalue weighted by atomic mass is 32.1. The fourth-order valence-corrected chi connectivity index (χ4v) is 3.72. The van der Waals surface area contributed by atoms with Crippen LogP contribution in [0.15, 0.2) is 18.3 Å². The topological polar surface area (TPSA) is 54.2 Å². The Balaban J connectivity index is 1.65. The van der Waals surface area contributed by atoms with Crippen molar-refractivity contribution in [2.75, 3.05) is 12.4 Å². The monoisotopic (exact) mass is 290 g/mol. The molecule has 2 bridgehead atoms. The molecule has 5 heteroatoms. The molecule has 1 aromatic rings. The molecule has 3 rings (SSSR count). The van der Waals surface area contributed by atoms with Crippen LogP contribution in [0.1, 0.15) is 37.8 Å². The molecular formula is C15H22N4S. The van der Waals surface area contributed by atoms with E-state index in [1.54, 1.807) is 0 Å². The lowest BCUT2D eigenvalue weighted by atomic mass is 9.82. The highest BCUT2D eigenvalue weighted by molar-refractivity contribution is 7.80. The minimum atomic E-state index is 0.352. The van der Waals surface area contributed by atoms with Gasteiger partial charge in [0.1, 0.15) is 4.99 Å². The van der Waals surface area contributed by atoms with Crippen molar-refractivity contribution in [3.8, 4) is 0 Å². The Morgan fingerprint density at radius 2 is 2.05 bits per heavy atom. The third kappa shape index (κ3) is 2.79. The van der Waals surface area contributed by atoms with Gasteiger partial charge in [-0.3, -0.25) is 4.98 Å². The lowest BCUT2D eigenvalue weighted by molar-refractivity contribution is 0.0608. The Bertz CT molecular complexity index is 473. The molecule has 2 aliphatic heterocycles. The number of pyridine rings is 1. The summed E-state index contributed by atoms with van der Waals surface area (Å²) in [5, 5.41) is 3.62. The van der Waals surface area contributed by atoms with Crippen molar-refractivity contribution < 1.29 is 0 Å². The lowest BCUT2D eigenvalue weighted by Gasteiger charge is -2.47. The van der Waals surface area contributed by atoms with E-state index in [-0.39, 0.29) is 0 Å². The fraction of sp³-hybridized carbons (Fsp3) is 0.600. The minimum Gasteiger partial charge on any atom is -0.388 e. The summed E-state index contributed by atoms with van der Waals surface area (Å²) in [6.07, 6.45) is 8.35. The van der Waals surface area contributed by atoms with Gasteiger partial charge in [-0.25, -0.2) is 0 Å². The van der Waals surface area contributed by atoms with Crippen molar-refractivity contribution in [1.29, 1.82) is 0 Å². The van der Waals surface area contributed by atoms with Crippen LogP contribution in [0.5, 0.6) is 0 Å². The summed E-state index contributed by atoms with van der Waals surface area (Å²) in [7, 11) is 2.28. The van der Waals surface area contributed by atoms with Crippen LogP contribution in [0.2, 0.25) is 0 Å². The summed E-state index contributed by atoms with van der Waals surface area (Å²) in [6.45, 7) is 0. The molecule has 20 heavy (non-hydrogen) atoms. The van der Waals surface area contributed by atoms with Gasteiger partial charge in [0.15, 0.2) is 0 Å². The standard InChI is InChI=1S/C15H22N4S/c1-19-12-3-2-4-13(19)8-11(7-12)18-10-5-6-14(15(16)20)17-9-10/h5-6,9,11-13,18H,2-4,7-8H2,1H3,(H2,16,20). The maximum atomic E-state index is 5.57. The number of anilines is 1. The molecule has 2 atom stereocenters. The van der Waals surface area contributed by atoms with E-state index in [4.69, 9.17) is 18.0 Å². The number of nitrogens with one attached hydrogen (secondary N) is 1. The number of piperidine rings is 2. The number of thiocarbonyl (C=S) groups is 1. The molecule has 2 saturated heterocycles. The van der Waals surface area contributed by atoms with Crippen molar-refractivity contribution >= 4 is 22.9 Å². The summed E-state index contributed by atoms with van der Waals surface area (Å²) in [5.74, 6) is 0. The normalized spacial score (nSPS) is 29.9. The van der Waals surface area contributed by atoms with Crippen LogP contribution in [-0.2, 0) is 0 Å². The summed E-state index contributed by atoms with van der Waals surface area (Å²) in [6, 6.07) is 5.95. The quantitative estimate of drug-likeness (QED) is 0.835. The Kier molecular flexibility index (Phi) is 3.89. The van der Waals surface area contributed by atoms with Crippen molar-refractivity contribution in [2.24, 2.45) is 5.73 Å². The first-order valence-corrected chi connectivity index (χ1v) is 7.78. The Labute approximate surface area is 125 Å². The van der Waals surface area contributed by atoms with Crippen molar-refractivity contribution in [1.82, 2.24) is 9.88 Å². The molecule has 108 valence electrons. The van der Waals surface area contributed by atoms with E-state index < -0.39 is 0 Å². The Morgan fingerprint density at radius 1 is 1.35 bits per heavy atom. The van der Waals surface area contributed by atoms with Crippen LogP contribution in [-0.4, -0.2) is 40.0 Å². The first-order valence-electron chi connectivity index (χ1n) is 7.38. The molecule has 2 unspecified atom stereocenters. The third-order valence-corrected chi connectivity index (χ3v) is 4.94. The second-order valence-corrected chi connectivity index (χ2v) is 6.45. The molecule has 2 aliphatic rings. The van der Waals surface area contributed by atoms with Gasteiger partial charge in [0.05, 0.1) is 17.6 Å². The molecule has 3 N–H and O–H groups in total. The Morgan fingerprint density at radius 3 is 2.60 bits per heavy atom. The van der Waals surface area contributed by atoms with Gasteiger partial charge in [-0.1, -0.05) is 18.6 Å². The first kappa shape index (κ1) is 13.8. The second-order valence-electron chi connectivity index (χ2n) is 6.01. The number of hydrogen-bond donors (Lipinski definition) is 2. The molecule has 0 amide bonds. The highest BCUT2D eigenvalue weighted by Crippen LogP contribution is 2.33. The van der Waals surface area contributed by atoms with Crippen molar-refractivity contribution in [2.45, 2.75) is 50.2 Å². The van der Waals surface area contributed by atoms with Gasteiger partial charge in [0.2, 0.25) is 0 Å². The predicted molar refractivity (Wildman–Crippen MR) is 86.0 cm³/mol. The SMILES string of the molecule is CN1C2CCCC1CC(Nc1ccc(C(N)=S)nc1)C2. The molecule has 2 fully saturated rings. The van der Waals surface area contributed by atoms with Gasteiger partial charge in [-0.05, 0) is 44.9 Å². The molecule has 0 aliphatic carbocycles. The molecule has 0 aromatic carbocycles. The van der Waals surface area contributed by atoms with Crippen LogP contribution in [0.25, 0.3) is 0 Å². The van der Waals surface area contributed by atoms with Gasteiger partial charge >= 0.3 is 0 Å². The van der Waals surface area contributed by atoms with Gasteiger partial charge in [0.25, 0.3) is 0 Å². The third-order valence-electron chi connectivity index (χ3n) is 4.73. The Hall–Kier alpha value is -1.20. The molecule has 0 spiro atoms. The number of nitrogens with two attached hydrogens (primary N) is 1. The lowest BCUT2D eigenvalue weighted by Crippen LogP contribution is -2.52. The second kappa shape index (κ2) is 5.66. The van der Waals surface area contributed by atoms with Gasteiger partial charge in [-0.15, -0.1) is 0 Å². The number of aromatic nitrogens is 1. The van der Waals surface area contributed by atoms with Crippen molar-refractivity contribution in [3.63, 3.8) is 0 Å². The summed E-state index contributed by atoms with van der Waals surface area (Å²) in [5.41, 5.74) is 7.32. The first-order chi connectivity index (χ1) is 9.63. The number of rotatable bonds is 3. The van der Waals surface area contributed by atoms with E-state index in [9.17, 15) is 0 Å². The van der Waals surface area contributed by atoms with Crippen LogP contribution >= 0.6 is 12.2 Å². The number of hydrogen-bond acceptors (Lipinski definition) is 4. The maximum Gasteiger partial charge on any atom is 0.122 e. The molecule has 0 radical (unpaired) electrons. The van der Waals surface area contributed by atoms with E-state index >= 15 is 0 Å². The van der Waals surface area contributed by atoms with Gasteiger partial charge in [-0.2, -0.15) is 0 Å². The smallest absolute Gasteiger partial charge is 0.122 e. The fourth-order valence-electron chi connectivity index (χ4n) is 3.59. The van der Waals surface area contributed by atoms with Crippen LogP contribution < -0.4 is 11.1 Å². The minimum absolute atomic E-state index is 0.352. The average Bonchev–Trinajstić information content (AvgIpc) is 2.40. The van der Waals surface area contributed by atoms with Crippen LogP contribution in [0, 0.1) is 0 Å². The van der Waals surface area contributed by atoms with E-state index in [1.165, 1.54) is 32.1 Å². The summed E-state index contributed by atoms with van der Waals surface area (Å²) in [4.78, 5) is 7.22. The van der Waals surface area contributed by atoms with Crippen molar-refractivity contribution in [3.05, 3.63) is 24.0 Å². The zero-order valence-electron chi connectivity index (χ0n) is 11.9. The number of nitrogens with zero attached hydrogens (tertiary/aromatic N) is 2. The van der Waals surface area contributed by atoms with Gasteiger partial charge in [0, 0.05) is 18.1 Å². The largest absolute Gasteiger partial charge is 0.388 e. The molecular weight excluding hydrogens is 268 g/mol. The molecule has 1 aromatic heterocycles. The summed E-state index contributed by atoms with van der Waals surface area (Å²) < 4.78 is 0. The maximum absolute atomic E-state index is 5.57. The zero-order chi connectivity index (χ0) is 14.1. The molecule has 4 nitrogen and oxygen atoms in total. The van der Waals surface area contributed by atoms with E-state index in [0.29, 0.717) is 16.7 Å². The number of fused-ring (bicyclic) bond motifs is 2. The van der Waals surface area contributed by atoms with E-state index in [0.717, 1.165) is 17.8 Å². The van der Waals surface area contributed by atoms with E-state index in [1.807, 2.05) is 18.3 Å². The van der Waals surface area contributed by atoms with Crippen LogP contribution in [0.3, 0.4) is 0 Å². The summed E-state index contributed by atoms with van der Waals surface area (Å²) >= 11 is 4.92. The van der Waals surface area contributed by atoms with E-state index in [2.05, 4.69) is 22.2 Å². The molecule has 0 saturated carbocycles. The molecule has 3 heterocycles. The average molecular weight is 290 g/mol. The van der Waals surface area contributed by atoms with Gasteiger partial charge < -0.3 is 16.0 Å². The zero-order valence-corrected chi connectivity index (χ0v) is 12.7. The highest BCUT2D eigenvalue weighted by Gasteiger charge is 2.35. The predicted octanol–water partition coefficient (Wildman–Crippen LogP) is 2.14. The van der Waals surface area contributed by atoms with Crippen LogP contribution in [0.4, 0.5) is 5.69 Å².